The second-order valence-corrected chi connectivity index (χ2v) is 12.6. The number of rotatable bonds is 13. The number of anilines is 2. The molecule has 0 unspecified atom stereocenters. The number of aliphatic hydroxyl groups excluding tert-OH is 1. The van der Waals surface area contributed by atoms with E-state index in [0.717, 1.165) is 12.1 Å². The standard InChI is InChI=1S/C29H35F4N8O5P/c1-4-45-47(43,46-5-2)39-27-24-28(37-15-36-27)41(16-38-24)13-17-9-21(18-10-20(31)23(44-3)11-19(18)30)35-12-22(17)40-8-6-7-29(34,14-40)25(42)26(32)33/h9-12,15-16,25-26,42H,4-8,13-14,34H2,1-3H3,(H,36,37,39,43)/t25-,29-/m1/s1. The lowest BCUT2D eigenvalue weighted by Gasteiger charge is -2.44. The zero-order valence-corrected chi connectivity index (χ0v) is 26.8. The third kappa shape index (κ3) is 7.18. The van der Waals surface area contributed by atoms with Gasteiger partial charge in [-0.2, -0.15) is 0 Å². The van der Waals surface area contributed by atoms with Crippen molar-refractivity contribution in [3.63, 3.8) is 0 Å². The monoisotopic (exact) mass is 682 g/mol. The van der Waals surface area contributed by atoms with E-state index in [1.54, 1.807) is 29.4 Å². The third-order valence-electron chi connectivity index (χ3n) is 7.79. The number of imidazole rings is 1. The predicted molar refractivity (Wildman–Crippen MR) is 165 cm³/mol. The number of aliphatic hydroxyl groups is 1. The Morgan fingerprint density at radius 3 is 2.53 bits per heavy atom. The Labute approximate surface area is 267 Å². The summed E-state index contributed by atoms with van der Waals surface area (Å²) in [5.41, 5.74) is 6.17. The number of halogens is 4. The van der Waals surface area contributed by atoms with Crippen LogP contribution in [-0.2, 0) is 20.2 Å². The Morgan fingerprint density at radius 2 is 1.85 bits per heavy atom. The Morgan fingerprint density at radius 1 is 1.11 bits per heavy atom. The highest BCUT2D eigenvalue weighted by Gasteiger charge is 2.43. The number of nitrogens with one attached hydrogen (secondary N) is 1. The molecule has 0 aliphatic carbocycles. The van der Waals surface area contributed by atoms with E-state index in [2.05, 4.69) is 25.0 Å². The highest BCUT2D eigenvalue weighted by Crippen LogP contribution is 2.48. The molecule has 47 heavy (non-hydrogen) atoms. The number of hydrogen-bond donors (Lipinski definition) is 3. The van der Waals surface area contributed by atoms with Crippen LogP contribution in [0.1, 0.15) is 32.3 Å². The van der Waals surface area contributed by atoms with Crippen LogP contribution in [0, 0.1) is 11.6 Å². The molecule has 1 aliphatic rings. The van der Waals surface area contributed by atoms with E-state index in [0.29, 0.717) is 29.9 Å². The molecule has 4 heterocycles. The Balaban J connectivity index is 1.58. The van der Waals surface area contributed by atoms with Gasteiger partial charge in [-0.05, 0) is 44.4 Å². The van der Waals surface area contributed by atoms with E-state index in [-0.39, 0.29) is 61.1 Å². The Hall–Kier alpha value is -3.89. The van der Waals surface area contributed by atoms with Crippen molar-refractivity contribution in [3.8, 4) is 17.0 Å². The summed E-state index contributed by atoms with van der Waals surface area (Å²) >= 11 is 0. The summed E-state index contributed by atoms with van der Waals surface area (Å²) in [4.78, 5) is 19.0. The number of alkyl halides is 2. The molecular weight excluding hydrogens is 647 g/mol. The molecule has 4 aromatic rings. The quantitative estimate of drug-likeness (QED) is 0.131. The van der Waals surface area contributed by atoms with Crippen molar-refractivity contribution >= 4 is 30.4 Å². The second-order valence-electron chi connectivity index (χ2n) is 10.9. The van der Waals surface area contributed by atoms with Crippen molar-refractivity contribution in [2.24, 2.45) is 5.73 Å². The van der Waals surface area contributed by atoms with Crippen LogP contribution in [0.25, 0.3) is 22.4 Å². The zero-order chi connectivity index (χ0) is 33.9. The van der Waals surface area contributed by atoms with Crippen LogP contribution >= 0.6 is 7.75 Å². The topological polar surface area (TPSA) is 163 Å². The van der Waals surface area contributed by atoms with E-state index < -0.39 is 37.4 Å². The van der Waals surface area contributed by atoms with E-state index in [9.17, 15) is 22.8 Å². The minimum atomic E-state index is -3.78. The molecule has 0 radical (unpaired) electrons. The molecule has 0 spiro atoms. The number of ether oxygens (including phenoxy) is 1. The van der Waals surface area contributed by atoms with Gasteiger partial charge in [0.25, 0.3) is 6.43 Å². The van der Waals surface area contributed by atoms with Gasteiger partial charge in [-0.15, -0.1) is 0 Å². The predicted octanol–water partition coefficient (Wildman–Crippen LogP) is 4.74. The van der Waals surface area contributed by atoms with Gasteiger partial charge in [0.1, 0.15) is 18.2 Å². The highest BCUT2D eigenvalue weighted by atomic mass is 31.2. The third-order valence-corrected chi connectivity index (χ3v) is 9.47. The van der Waals surface area contributed by atoms with Crippen LogP contribution in [0.5, 0.6) is 5.75 Å². The Bertz CT molecular complexity index is 1770. The van der Waals surface area contributed by atoms with E-state index in [1.165, 1.54) is 26.0 Å². The minimum Gasteiger partial charge on any atom is -0.494 e. The number of nitrogens with two attached hydrogens (primary N) is 1. The lowest BCUT2D eigenvalue weighted by molar-refractivity contribution is -0.0529. The fourth-order valence-electron chi connectivity index (χ4n) is 5.57. The van der Waals surface area contributed by atoms with Gasteiger partial charge < -0.3 is 25.0 Å². The van der Waals surface area contributed by atoms with Gasteiger partial charge in [0.2, 0.25) is 0 Å². The van der Waals surface area contributed by atoms with Gasteiger partial charge in [0.15, 0.2) is 28.5 Å². The average Bonchev–Trinajstić information content (AvgIpc) is 3.45. The first kappa shape index (κ1) is 34.4. The SMILES string of the molecule is CCOP(=O)(Nc1ncnc2c1ncn2Cc1cc(-c2cc(F)c(OC)cc2F)ncc1N1CCC[C@](N)([C@H](O)C(F)F)C1)OCC. The first-order valence-electron chi connectivity index (χ1n) is 14.8. The molecular formula is C29H35F4N8O5P. The summed E-state index contributed by atoms with van der Waals surface area (Å²) in [7, 11) is -2.56. The number of piperidine rings is 1. The van der Waals surface area contributed by atoms with Gasteiger partial charge in [0, 0.05) is 24.7 Å². The smallest absolute Gasteiger partial charge is 0.433 e. The van der Waals surface area contributed by atoms with E-state index >= 15 is 4.39 Å². The molecule has 5 rings (SSSR count). The van der Waals surface area contributed by atoms with Crippen LogP contribution in [0.2, 0.25) is 0 Å². The molecule has 0 saturated carbocycles. The molecule has 3 aromatic heterocycles. The lowest BCUT2D eigenvalue weighted by Crippen LogP contribution is -2.63. The normalized spacial score (nSPS) is 17.8. The summed E-state index contributed by atoms with van der Waals surface area (Å²) in [6.45, 7) is 3.85. The van der Waals surface area contributed by atoms with Gasteiger partial charge >= 0.3 is 7.75 Å². The summed E-state index contributed by atoms with van der Waals surface area (Å²) in [6, 6.07) is 3.43. The number of methoxy groups -OCH3 is 1. The van der Waals surface area contributed by atoms with Crippen molar-refractivity contribution in [1.29, 1.82) is 0 Å². The first-order chi connectivity index (χ1) is 22.4. The average molecular weight is 683 g/mol. The molecule has 1 saturated heterocycles. The van der Waals surface area contributed by atoms with Gasteiger partial charge in [-0.3, -0.25) is 19.1 Å². The summed E-state index contributed by atoms with van der Waals surface area (Å²) < 4.78 is 87.2. The van der Waals surface area contributed by atoms with E-state index in [4.69, 9.17) is 19.5 Å². The summed E-state index contributed by atoms with van der Waals surface area (Å²) in [5.74, 6) is -1.76. The van der Waals surface area contributed by atoms with Crippen LogP contribution in [0.4, 0.5) is 29.1 Å². The molecule has 2 atom stereocenters. The molecule has 0 amide bonds. The van der Waals surface area contributed by atoms with Crippen molar-refractivity contribution in [3.05, 3.63) is 54.2 Å². The van der Waals surface area contributed by atoms with Crippen molar-refractivity contribution < 1.29 is 41.0 Å². The highest BCUT2D eigenvalue weighted by molar-refractivity contribution is 7.55. The maximum Gasteiger partial charge on any atom is 0.433 e. The molecule has 0 bridgehead atoms. The fraction of sp³-hybridized carbons (Fsp3) is 0.448. The fourth-order valence-corrected chi connectivity index (χ4v) is 6.88. The maximum atomic E-state index is 15.1. The number of nitrogens with zero attached hydrogens (tertiary/aromatic N) is 6. The molecule has 1 aromatic carbocycles. The molecule has 18 heteroatoms. The zero-order valence-electron chi connectivity index (χ0n) is 25.9. The van der Waals surface area contributed by atoms with Crippen LogP contribution in [0.3, 0.4) is 0 Å². The lowest BCUT2D eigenvalue weighted by atomic mass is 9.84. The Kier molecular flexibility index (Phi) is 10.3. The van der Waals surface area contributed by atoms with Crippen molar-refractivity contribution in [2.45, 2.75) is 51.3 Å². The van der Waals surface area contributed by atoms with Crippen LogP contribution < -0.4 is 20.5 Å². The molecule has 1 fully saturated rings. The van der Waals surface area contributed by atoms with Crippen LogP contribution in [0.15, 0.2) is 37.1 Å². The van der Waals surface area contributed by atoms with E-state index in [1.807, 2.05) is 0 Å². The van der Waals surface area contributed by atoms with Gasteiger partial charge in [-0.25, -0.2) is 37.1 Å². The van der Waals surface area contributed by atoms with Crippen LogP contribution in [-0.4, -0.2) is 81.1 Å². The van der Waals surface area contributed by atoms with Crippen molar-refractivity contribution in [1.82, 2.24) is 24.5 Å². The minimum absolute atomic E-state index is 0.0398. The summed E-state index contributed by atoms with van der Waals surface area (Å²) in [6.07, 6.45) is -0.436. The maximum absolute atomic E-state index is 15.1. The molecule has 1 aliphatic heterocycles. The number of benzene rings is 1. The first-order valence-corrected chi connectivity index (χ1v) is 16.3. The number of pyridine rings is 1. The molecule has 4 N–H and O–H groups in total. The second kappa shape index (κ2) is 14.1. The molecule has 13 nitrogen and oxygen atoms in total. The largest absolute Gasteiger partial charge is 0.494 e. The van der Waals surface area contributed by atoms with Crippen molar-refractivity contribution in [2.75, 3.05) is 43.4 Å². The van der Waals surface area contributed by atoms with Gasteiger partial charge in [0.05, 0.1) is 56.3 Å². The number of hydrogen-bond acceptors (Lipinski definition) is 11. The van der Waals surface area contributed by atoms with Gasteiger partial charge in [-0.1, -0.05) is 0 Å². The number of fused-ring (bicyclic) bond motifs is 1. The molecule has 254 valence electrons. The number of aromatic nitrogens is 5. The summed E-state index contributed by atoms with van der Waals surface area (Å²) in [5, 5.41) is 13.0.